The van der Waals surface area contributed by atoms with Crippen LogP contribution < -0.4 is 5.32 Å². The van der Waals surface area contributed by atoms with E-state index in [9.17, 15) is 9.59 Å². The van der Waals surface area contributed by atoms with Gasteiger partial charge in [0, 0.05) is 19.4 Å². The summed E-state index contributed by atoms with van der Waals surface area (Å²) in [5.74, 6) is 0.500. The first-order valence-corrected chi connectivity index (χ1v) is 4.81. The molecular weight excluding hydrogens is 168 g/mol. The van der Waals surface area contributed by atoms with Crippen molar-refractivity contribution in [2.45, 2.75) is 19.3 Å². The highest BCUT2D eigenvalue weighted by Crippen LogP contribution is 2.16. The van der Waals surface area contributed by atoms with E-state index in [-0.39, 0.29) is 11.8 Å². The van der Waals surface area contributed by atoms with Gasteiger partial charge in [-0.25, -0.2) is 0 Å². The van der Waals surface area contributed by atoms with Gasteiger partial charge >= 0.3 is 0 Å². The van der Waals surface area contributed by atoms with E-state index in [1.807, 2.05) is 0 Å². The van der Waals surface area contributed by atoms with Gasteiger partial charge in [0.2, 0.25) is 11.8 Å². The number of likely N-dealkylation sites (tertiary alicyclic amines) is 1. The molecule has 2 saturated heterocycles. The highest BCUT2D eigenvalue weighted by molar-refractivity contribution is 6.01. The number of hydrogen-bond donors (Lipinski definition) is 1. The first-order chi connectivity index (χ1) is 6.27. The van der Waals surface area contributed by atoms with Crippen molar-refractivity contribution in [3.05, 3.63) is 0 Å². The molecule has 4 heteroatoms. The number of hydrogen-bond acceptors (Lipinski definition) is 3. The quantitative estimate of drug-likeness (QED) is 0.599. The first kappa shape index (κ1) is 8.69. The minimum atomic E-state index is 0.0110. The Labute approximate surface area is 77.3 Å². The van der Waals surface area contributed by atoms with E-state index in [0.717, 1.165) is 19.5 Å². The predicted molar refractivity (Wildman–Crippen MR) is 46.9 cm³/mol. The number of rotatable bonds is 2. The third-order valence-corrected chi connectivity index (χ3v) is 2.76. The lowest BCUT2D eigenvalue weighted by Crippen LogP contribution is -2.34. The number of carbonyl (C=O) groups is 2. The van der Waals surface area contributed by atoms with E-state index in [4.69, 9.17) is 0 Å². The van der Waals surface area contributed by atoms with E-state index in [1.165, 1.54) is 4.90 Å². The van der Waals surface area contributed by atoms with Crippen molar-refractivity contribution in [2.24, 2.45) is 5.92 Å². The summed E-state index contributed by atoms with van der Waals surface area (Å²) in [5.41, 5.74) is 0. The van der Waals surface area contributed by atoms with Gasteiger partial charge in [-0.2, -0.15) is 0 Å². The Bertz CT molecular complexity index is 218. The molecule has 4 nitrogen and oxygen atoms in total. The van der Waals surface area contributed by atoms with Gasteiger partial charge in [0.1, 0.15) is 0 Å². The van der Waals surface area contributed by atoms with Gasteiger partial charge in [-0.3, -0.25) is 14.5 Å². The Morgan fingerprint density at radius 1 is 1.31 bits per heavy atom. The summed E-state index contributed by atoms with van der Waals surface area (Å²) < 4.78 is 0. The highest BCUT2D eigenvalue weighted by atomic mass is 16.2. The number of carbonyl (C=O) groups excluding carboxylic acids is 2. The van der Waals surface area contributed by atoms with Crippen LogP contribution >= 0.6 is 0 Å². The molecule has 0 spiro atoms. The Morgan fingerprint density at radius 2 is 2.00 bits per heavy atom. The number of imide groups is 1. The van der Waals surface area contributed by atoms with Gasteiger partial charge in [0.05, 0.1) is 0 Å². The molecule has 0 bridgehead atoms. The minimum absolute atomic E-state index is 0.0110. The fourth-order valence-electron chi connectivity index (χ4n) is 1.95. The van der Waals surface area contributed by atoms with Crippen LogP contribution in [0.1, 0.15) is 19.3 Å². The van der Waals surface area contributed by atoms with Crippen LogP contribution in [0.3, 0.4) is 0 Å². The molecule has 0 aliphatic carbocycles. The lowest BCUT2D eigenvalue weighted by Gasteiger charge is -2.17. The van der Waals surface area contributed by atoms with Gasteiger partial charge in [-0.1, -0.05) is 0 Å². The van der Waals surface area contributed by atoms with Crippen LogP contribution in [0.4, 0.5) is 0 Å². The number of amides is 2. The fraction of sp³-hybridized carbons (Fsp3) is 0.778. The smallest absolute Gasteiger partial charge is 0.229 e. The minimum Gasteiger partial charge on any atom is -0.316 e. The van der Waals surface area contributed by atoms with Crippen molar-refractivity contribution >= 4 is 11.8 Å². The van der Waals surface area contributed by atoms with E-state index >= 15 is 0 Å². The molecule has 13 heavy (non-hydrogen) atoms. The maximum Gasteiger partial charge on any atom is 0.229 e. The third-order valence-electron chi connectivity index (χ3n) is 2.76. The molecule has 2 rings (SSSR count). The van der Waals surface area contributed by atoms with Crippen LogP contribution in [-0.4, -0.2) is 36.3 Å². The molecule has 1 N–H and O–H groups in total. The molecule has 2 aliphatic heterocycles. The molecule has 0 radical (unpaired) electrons. The molecule has 72 valence electrons. The monoisotopic (exact) mass is 182 g/mol. The summed E-state index contributed by atoms with van der Waals surface area (Å²) in [6, 6.07) is 0. The molecule has 0 aromatic heterocycles. The van der Waals surface area contributed by atoms with Crippen molar-refractivity contribution in [3.63, 3.8) is 0 Å². The van der Waals surface area contributed by atoms with Crippen molar-refractivity contribution in [1.82, 2.24) is 10.2 Å². The van der Waals surface area contributed by atoms with Gasteiger partial charge in [0.15, 0.2) is 0 Å². The Balaban J connectivity index is 1.92. The third kappa shape index (κ3) is 1.72. The molecular formula is C9H14N2O2. The zero-order valence-corrected chi connectivity index (χ0v) is 7.58. The number of nitrogens with one attached hydrogen (secondary N) is 1. The SMILES string of the molecule is O=C1CCC(=O)N1CC1CCNC1. The Morgan fingerprint density at radius 3 is 2.54 bits per heavy atom. The van der Waals surface area contributed by atoms with Gasteiger partial charge in [-0.05, 0) is 25.4 Å². The molecule has 2 amide bonds. The maximum absolute atomic E-state index is 11.3. The standard InChI is InChI=1S/C9H14N2O2/c12-8-1-2-9(13)11(8)6-7-3-4-10-5-7/h7,10H,1-6H2. The predicted octanol–water partition coefficient (Wildman–Crippen LogP) is -0.255. The van der Waals surface area contributed by atoms with Crippen LogP contribution in [0, 0.1) is 5.92 Å². The molecule has 0 saturated carbocycles. The Kier molecular flexibility index (Phi) is 2.31. The van der Waals surface area contributed by atoms with Crippen LogP contribution in [0.5, 0.6) is 0 Å². The van der Waals surface area contributed by atoms with Crippen LogP contribution in [0.25, 0.3) is 0 Å². The molecule has 0 aromatic carbocycles. The summed E-state index contributed by atoms with van der Waals surface area (Å²) in [6.07, 6.45) is 1.91. The number of nitrogens with zero attached hydrogens (tertiary/aromatic N) is 1. The zero-order chi connectivity index (χ0) is 9.26. The fourth-order valence-corrected chi connectivity index (χ4v) is 1.95. The highest BCUT2D eigenvalue weighted by Gasteiger charge is 2.31. The average molecular weight is 182 g/mol. The topological polar surface area (TPSA) is 49.4 Å². The molecule has 2 aliphatic rings. The molecule has 2 heterocycles. The van der Waals surface area contributed by atoms with Crippen LogP contribution in [0.2, 0.25) is 0 Å². The van der Waals surface area contributed by atoms with E-state index in [1.54, 1.807) is 0 Å². The van der Waals surface area contributed by atoms with E-state index < -0.39 is 0 Å². The molecule has 1 atom stereocenters. The van der Waals surface area contributed by atoms with Gasteiger partial charge in [-0.15, -0.1) is 0 Å². The maximum atomic E-state index is 11.3. The first-order valence-electron chi connectivity index (χ1n) is 4.81. The molecule has 1 unspecified atom stereocenters. The van der Waals surface area contributed by atoms with E-state index in [2.05, 4.69) is 5.32 Å². The lowest BCUT2D eigenvalue weighted by atomic mass is 10.1. The second-order valence-corrected chi connectivity index (χ2v) is 3.76. The van der Waals surface area contributed by atoms with Gasteiger partial charge < -0.3 is 5.32 Å². The van der Waals surface area contributed by atoms with Crippen LogP contribution in [-0.2, 0) is 9.59 Å². The summed E-state index contributed by atoms with van der Waals surface area (Å²) in [5, 5.41) is 3.23. The normalized spacial score (nSPS) is 28.9. The second-order valence-electron chi connectivity index (χ2n) is 3.76. The van der Waals surface area contributed by atoms with Crippen molar-refractivity contribution < 1.29 is 9.59 Å². The summed E-state index contributed by atoms with van der Waals surface area (Å²) in [7, 11) is 0. The van der Waals surface area contributed by atoms with Gasteiger partial charge in [0.25, 0.3) is 0 Å². The van der Waals surface area contributed by atoms with Crippen molar-refractivity contribution in [3.8, 4) is 0 Å². The average Bonchev–Trinajstić information content (AvgIpc) is 2.70. The largest absolute Gasteiger partial charge is 0.316 e. The summed E-state index contributed by atoms with van der Waals surface area (Å²) >= 11 is 0. The molecule has 0 aromatic rings. The second kappa shape index (κ2) is 3.46. The van der Waals surface area contributed by atoms with Crippen molar-refractivity contribution in [2.75, 3.05) is 19.6 Å². The van der Waals surface area contributed by atoms with Crippen molar-refractivity contribution in [1.29, 1.82) is 0 Å². The van der Waals surface area contributed by atoms with E-state index in [0.29, 0.717) is 25.3 Å². The summed E-state index contributed by atoms with van der Waals surface area (Å²) in [4.78, 5) is 23.9. The van der Waals surface area contributed by atoms with Crippen LogP contribution in [0.15, 0.2) is 0 Å². The lowest BCUT2D eigenvalue weighted by molar-refractivity contribution is -0.138. The Hall–Kier alpha value is -0.900. The summed E-state index contributed by atoms with van der Waals surface area (Å²) in [6.45, 7) is 2.59. The zero-order valence-electron chi connectivity index (χ0n) is 7.58. The molecule has 2 fully saturated rings.